The minimum absolute atomic E-state index is 0.0292. The van der Waals surface area contributed by atoms with Crippen molar-refractivity contribution in [1.82, 2.24) is 0 Å². The molecule has 0 aliphatic heterocycles. The molecular weight excluding hydrogens is 156 g/mol. The molecule has 1 atom stereocenters. The van der Waals surface area contributed by atoms with Gasteiger partial charge in [-0.15, -0.1) is 0 Å². The second-order valence-electron chi connectivity index (χ2n) is 2.64. The molecular formula is C9H12O3. The second-order valence-corrected chi connectivity index (χ2v) is 2.64. The van der Waals surface area contributed by atoms with Gasteiger partial charge >= 0.3 is 0 Å². The Bertz CT molecular complexity index is 238. The molecule has 1 rings (SSSR count). The van der Waals surface area contributed by atoms with Crippen LogP contribution < -0.4 is 0 Å². The molecule has 0 aromatic carbocycles. The van der Waals surface area contributed by atoms with Gasteiger partial charge in [-0.3, -0.25) is 4.79 Å². The van der Waals surface area contributed by atoms with Crippen LogP contribution in [-0.2, 0) is 16.1 Å². The molecule has 1 heterocycles. The lowest BCUT2D eigenvalue weighted by atomic mass is 10.3. The average molecular weight is 168 g/mol. The fourth-order valence-electron chi connectivity index (χ4n) is 0.719. The summed E-state index contributed by atoms with van der Waals surface area (Å²) in [6.07, 6.45) is 1.23. The number of Topliss-reactive ketones (excluding diaryl/α,β-unsaturated/α-hetero) is 1. The lowest BCUT2D eigenvalue weighted by Gasteiger charge is -2.06. The summed E-state index contributed by atoms with van der Waals surface area (Å²) < 4.78 is 10.2. The summed E-state index contributed by atoms with van der Waals surface area (Å²) in [5, 5.41) is 0. The predicted molar refractivity (Wildman–Crippen MR) is 43.6 cm³/mol. The molecule has 0 fully saturated rings. The van der Waals surface area contributed by atoms with Crippen LogP contribution in [0, 0.1) is 0 Å². The Hall–Kier alpha value is -1.09. The quantitative estimate of drug-likeness (QED) is 0.687. The van der Waals surface area contributed by atoms with Gasteiger partial charge in [-0.25, -0.2) is 0 Å². The normalized spacial score (nSPS) is 12.8. The first-order chi connectivity index (χ1) is 5.70. The van der Waals surface area contributed by atoms with Gasteiger partial charge in [0.15, 0.2) is 5.78 Å². The van der Waals surface area contributed by atoms with E-state index in [1.54, 1.807) is 19.3 Å². The SMILES string of the molecule is CC(=O)C(C)OCc1ccco1. The van der Waals surface area contributed by atoms with Crippen molar-refractivity contribution < 1.29 is 13.9 Å². The van der Waals surface area contributed by atoms with Crippen molar-refractivity contribution in [3.05, 3.63) is 24.2 Å². The third-order valence-corrected chi connectivity index (χ3v) is 1.63. The molecule has 0 saturated heterocycles. The Kier molecular flexibility index (Phi) is 3.05. The highest BCUT2D eigenvalue weighted by Crippen LogP contribution is 2.04. The van der Waals surface area contributed by atoms with E-state index in [1.807, 2.05) is 6.07 Å². The van der Waals surface area contributed by atoms with E-state index >= 15 is 0 Å². The van der Waals surface area contributed by atoms with Crippen molar-refractivity contribution in [3.63, 3.8) is 0 Å². The molecule has 0 amide bonds. The number of carbonyl (C=O) groups excluding carboxylic acids is 1. The van der Waals surface area contributed by atoms with E-state index in [2.05, 4.69) is 0 Å². The first-order valence-corrected chi connectivity index (χ1v) is 3.84. The van der Waals surface area contributed by atoms with Gasteiger partial charge in [0.2, 0.25) is 0 Å². The number of hydrogen-bond acceptors (Lipinski definition) is 3. The van der Waals surface area contributed by atoms with Crippen LogP contribution in [0.15, 0.2) is 22.8 Å². The molecule has 1 unspecified atom stereocenters. The van der Waals surface area contributed by atoms with E-state index in [4.69, 9.17) is 9.15 Å². The monoisotopic (exact) mass is 168 g/mol. The Labute approximate surface area is 71.3 Å². The summed E-state index contributed by atoms with van der Waals surface area (Å²) in [6, 6.07) is 3.60. The largest absolute Gasteiger partial charge is 0.467 e. The summed E-state index contributed by atoms with van der Waals surface area (Å²) in [6.45, 7) is 3.59. The molecule has 0 aliphatic carbocycles. The molecule has 12 heavy (non-hydrogen) atoms. The smallest absolute Gasteiger partial charge is 0.158 e. The van der Waals surface area contributed by atoms with Gasteiger partial charge in [0, 0.05) is 0 Å². The zero-order chi connectivity index (χ0) is 8.97. The van der Waals surface area contributed by atoms with Crippen molar-refractivity contribution in [2.24, 2.45) is 0 Å². The number of ketones is 1. The van der Waals surface area contributed by atoms with E-state index in [-0.39, 0.29) is 11.9 Å². The van der Waals surface area contributed by atoms with E-state index in [0.29, 0.717) is 6.61 Å². The van der Waals surface area contributed by atoms with Crippen molar-refractivity contribution in [2.75, 3.05) is 0 Å². The summed E-state index contributed by atoms with van der Waals surface area (Å²) >= 11 is 0. The lowest BCUT2D eigenvalue weighted by molar-refractivity contribution is -0.128. The van der Waals surface area contributed by atoms with E-state index in [1.165, 1.54) is 6.92 Å². The first kappa shape index (κ1) is 9.00. The number of ether oxygens (including phenoxy) is 1. The fourth-order valence-corrected chi connectivity index (χ4v) is 0.719. The molecule has 66 valence electrons. The van der Waals surface area contributed by atoms with Gasteiger partial charge in [0.1, 0.15) is 18.5 Å². The van der Waals surface area contributed by atoms with Crippen LogP contribution in [-0.4, -0.2) is 11.9 Å². The van der Waals surface area contributed by atoms with E-state index in [0.717, 1.165) is 5.76 Å². The van der Waals surface area contributed by atoms with E-state index in [9.17, 15) is 4.79 Å². The van der Waals surface area contributed by atoms with Crippen LogP contribution in [0.1, 0.15) is 19.6 Å². The molecule has 0 aliphatic rings. The predicted octanol–water partition coefficient (Wildman–Crippen LogP) is 1.77. The topological polar surface area (TPSA) is 39.4 Å². The fraction of sp³-hybridized carbons (Fsp3) is 0.444. The molecule has 1 aromatic heterocycles. The summed E-state index contributed by atoms with van der Waals surface area (Å²) in [5.74, 6) is 0.768. The highest BCUT2D eigenvalue weighted by Gasteiger charge is 2.07. The zero-order valence-electron chi connectivity index (χ0n) is 7.24. The third kappa shape index (κ3) is 2.51. The standard InChI is InChI=1S/C9H12O3/c1-7(10)8(2)12-6-9-4-3-5-11-9/h3-5,8H,6H2,1-2H3. The van der Waals surface area contributed by atoms with Crippen molar-refractivity contribution in [2.45, 2.75) is 26.6 Å². The van der Waals surface area contributed by atoms with Crippen LogP contribution in [0.2, 0.25) is 0 Å². The summed E-state index contributed by atoms with van der Waals surface area (Å²) in [7, 11) is 0. The molecule has 0 N–H and O–H groups in total. The van der Waals surface area contributed by atoms with Gasteiger partial charge in [-0.05, 0) is 26.0 Å². The van der Waals surface area contributed by atoms with Crippen molar-refractivity contribution >= 4 is 5.78 Å². The van der Waals surface area contributed by atoms with Crippen LogP contribution >= 0.6 is 0 Å². The van der Waals surface area contributed by atoms with Gasteiger partial charge in [0.05, 0.1) is 6.26 Å². The summed E-state index contributed by atoms with van der Waals surface area (Å²) in [4.78, 5) is 10.7. The number of carbonyl (C=O) groups is 1. The minimum atomic E-state index is -0.352. The van der Waals surface area contributed by atoms with Crippen molar-refractivity contribution in [3.8, 4) is 0 Å². The zero-order valence-corrected chi connectivity index (χ0v) is 7.24. The first-order valence-electron chi connectivity index (χ1n) is 3.84. The van der Waals surface area contributed by atoms with Crippen molar-refractivity contribution in [1.29, 1.82) is 0 Å². The molecule has 0 bridgehead atoms. The van der Waals surface area contributed by atoms with Crippen LogP contribution in [0.25, 0.3) is 0 Å². The third-order valence-electron chi connectivity index (χ3n) is 1.63. The van der Waals surface area contributed by atoms with Crippen LogP contribution in [0.3, 0.4) is 0 Å². The Balaban J connectivity index is 2.31. The Morgan fingerprint density at radius 2 is 2.50 bits per heavy atom. The number of rotatable bonds is 4. The average Bonchev–Trinajstić information content (AvgIpc) is 2.51. The molecule has 1 aromatic rings. The van der Waals surface area contributed by atoms with Crippen LogP contribution in [0.5, 0.6) is 0 Å². The van der Waals surface area contributed by atoms with Gasteiger partial charge < -0.3 is 9.15 Å². The maximum atomic E-state index is 10.7. The molecule has 3 nitrogen and oxygen atoms in total. The molecule has 3 heteroatoms. The Morgan fingerprint density at radius 3 is 3.00 bits per heavy atom. The molecule has 0 spiro atoms. The molecule has 0 radical (unpaired) electrons. The highest BCUT2D eigenvalue weighted by atomic mass is 16.5. The minimum Gasteiger partial charge on any atom is -0.467 e. The summed E-state index contributed by atoms with van der Waals surface area (Å²) in [5.41, 5.74) is 0. The Morgan fingerprint density at radius 1 is 1.75 bits per heavy atom. The van der Waals surface area contributed by atoms with Gasteiger partial charge in [-0.1, -0.05) is 0 Å². The maximum absolute atomic E-state index is 10.7. The lowest BCUT2D eigenvalue weighted by Crippen LogP contribution is -2.16. The number of furan rings is 1. The van der Waals surface area contributed by atoms with E-state index < -0.39 is 0 Å². The molecule has 0 saturated carbocycles. The second kappa shape index (κ2) is 4.07. The maximum Gasteiger partial charge on any atom is 0.158 e. The van der Waals surface area contributed by atoms with Crippen LogP contribution in [0.4, 0.5) is 0 Å². The van der Waals surface area contributed by atoms with Gasteiger partial charge in [-0.2, -0.15) is 0 Å². The highest BCUT2D eigenvalue weighted by molar-refractivity contribution is 5.79. The number of hydrogen-bond donors (Lipinski definition) is 0. The van der Waals surface area contributed by atoms with Gasteiger partial charge in [0.25, 0.3) is 0 Å².